The molecule has 18 heavy (non-hydrogen) atoms. The maximum atomic E-state index is 11.3. The molecule has 0 spiro atoms. The molecule has 2 aromatic rings. The summed E-state index contributed by atoms with van der Waals surface area (Å²) in [5.74, 6) is -1.16. The van der Waals surface area contributed by atoms with Crippen LogP contribution in [0.3, 0.4) is 0 Å². The fraction of sp³-hybridized carbons (Fsp3) is 0.250. The van der Waals surface area contributed by atoms with Crippen molar-refractivity contribution in [2.45, 2.75) is 13.5 Å². The van der Waals surface area contributed by atoms with Crippen LogP contribution in [0.5, 0.6) is 0 Å². The topological polar surface area (TPSA) is 134 Å². The van der Waals surface area contributed by atoms with E-state index in [0.717, 1.165) is 11.3 Å². The minimum Gasteiger partial charge on any atom is -0.476 e. The summed E-state index contributed by atoms with van der Waals surface area (Å²) >= 11 is 0.979. The van der Waals surface area contributed by atoms with Crippen LogP contribution in [0.4, 0.5) is 5.13 Å². The van der Waals surface area contributed by atoms with E-state index in [2.05, 4.69) is 30.9 Å². The highest BCUT2D eigenvalue weighted by atomic mass is 32.1. The van der Waals surface area contributed by atoms with Crippen molar-refractivity contribution in [1.82, 2.24) is 25.6 Å². The monoisotopic (exact) mass is 268 g/mol. The van der Waals surface area contributed by atoms with Crippen LogP contribution in [0.2, 0.25) is 0 Å². The van der Waals surface area contributed by atoms with E-state index in [4.69, 9.17) is 5.11 Å². The average molecular weight is 268 g/mol. The molecule has 0 aliphatic rings. The highest BCUT2D eigenvalue weighted by Gasteiger charge is 2.20. The Labute approximate surface area is 104 Å². The van der Waals surface area contributed by atoms with Gasteiger partial charge < -0.3 is 10.4 Å². The van der Waals surface area contributed by atoms with Crippen LogP contribution in [-0.4, -0.2) is 42.5 Å². The van der Waals surface area contributed by atoms with Gasteiger partial charge in [-0.1, -0.05) is 16.6 Å². The number of tetrazole rings is 1. The van der Waals surface area contributed by atoms with Gasteiger partial charge in [0, 0.05) is 6.92 Å². The number of Topliss-reactive ketones (excluding diaryl/α,β-unsaturated/α-hetero) is 1. The number of nitrogens with zero attached hydrogens (tertiary/aromatic N) is 4. The smallest absolute Gasteiger partial charge is 0.356 e. The lowest BCUT2D eigenvalue weighted by Gasteiger charge is -1.95. The molecule has 0 saturated heterocycles. The number of aromatic carboxylic acids is 1. The van der Waals surface area contributed by atoms with Crippen molar-refractivity contribution in [3.8, 4) is 0 Å². The molecule has 94 valence electrons. The molecule has 2 aromatic heterocycles. The number of anilines is 1. The summed E-state index contributed by atoms with van der Waals surface area (Å²) in [5.41, 5.74) is -0.247. The Balaban J connectivity index is 2.16. The second-order valence-corrected chi connectivity index (χ2v) is 4.24. The molecule has 10 heteroatoms. The summed E-state index contributed by atoms with van der Waals surface area (Å²) in [6, 6.07) is 0. The lowest BCUT2D eigenvalue weighted by Crippen LogP contribution is -2.04. The van der Waals surface area contributed by atoms with Gasteiger partial charge in [0.25, 0.3) is 0 Å². The number of carboxylic acids is 1. The molecule has 0 aliphatic carbocycles. The minimum absolute atomic E-state index is 0.109. The van der Waals surface area contributed by atoms with Gasteiger partial charge in [-0.2, -0.15) is 5.21 Å². The van der Waals surface area contributed by atoms with Gasteiger partial charge in [-0.15, -0.1) is 10.2 Å². The number of rotatable bonds is 5. The minimum atomic E-state index is -1.23. The van der Waals surface area contributed by atoms with Gasteiger partial charge >= 0.3 is 5.97 Å². The average Bonchev–Trinajstić information content (AvgIpc) is 2.95. The summed E-state index contributed by atoms with van der Waals surface area (Å²) in [6.07, 6.45) is 0. The largest absolute Gasteiger partial charge is 0.476 e. The molecule has 0 aliphatic heterocycles. The predicted octanol–water partition coefficient (Wildman–Crippen LogP) is 0.169. The second-order valence-electron chi connectivity index (χ2n) is 3.24. The van der Waals surface area contributed by atoms with E-state index in [1.165, 1.54) is 6.92 Å². The third kappa shape index (κ3) is 2.48. The van der Waals surface area contributed by atoms with Gasteiger partial charge in [0.15, 0.2) is 22.4 Å². The number of H-pyrrole nitrogens is 1. The van der Waals surface area contributed by atoms with E-state index in [-0.39, 0.29) is 22.9 Å². The van der Waals surface area contributed by atoms with Crippen molar-refractivity contribution in [3.63, 3.8) is 0 Å². The van der Waals surface area contributed by atoms with E-state index in [0.29, 0.717) is 11.0 Å². The fourth-order valence-electron chi connectivity index (χ4n) is 1.19. The normalized spacial score (nSPS) is 10.3. The Morgan fingerprint density at radius 3 is 2.78 bits per heavy atom. The zero-order chi connectivity index (χ0) is 13.1. The van der Waals surface area contributed by atoms with Crippen molar-refractivity contribution >= 4 is 28.2 Å². The van der Waals surface area contributed by atoms with Gasteiger partial charge in [0.05, 0.1) is 6.54 Å². The van der Waals surface area contributed by atoms with Gasteiger partial charge in [-0.25, -0.2) is 9.78 Å². The molecule has 0 aromatic carbocycles. The molecule has 0 saturated carbocycles. The quantitative estimate of drug-likeness (QED) is 0.653. The predicted molar refractivity (Wildman–Crippen MR) is 60.6 cm³/mol. The van der Waals surface area contributed by atoms with Gasteiger partial charge in [0.1, 0.15) is 4.88 Å². The number of carbonyl (C=O) groups excluding carboxylic acids is 1. The number of thiazole rings is 1. The van der Waals surface area contributed by atoms with Crippen molar-refractivity contribution in [1.29, 1.82) is 0 Å². The third-order valence-corrected chi connectivity index (χ3v) is 3.05. The summed E-state index contributed by atoms with van der Waals surface area (Å²) in [6.45, 7) is 1.53. The molecule has 3 N–H and O–H groups in total. The molecule has 0 atom stereocenters. The summed E-state index contributed by atoms with van der Waals surface area (Å²) in [4.78, 5) is 26.1. The van der Waals surface area contributed by atoms with Crippen LogP contribution in [-0.2, 0) is 6.54 Å². The number of carbonyl (C=O) groups is 2. The van der Waals surface area contributed by atoms with Crippen LogP contribution >= 0.6 is 11.3 Å². The van der Waals surface area contributed by atoms with E-state index < -0.39 is 5.97 Å². The zero-order valence-corrected chi connectivity index (χ0v) is 9.98. The number of ketones is 1. The second kappa shape index (κ2) is 4.87. The first-order valence-electron chi connectivity index (χ1n) is 4.79. The molecule has 2 heterocycles. The van der Waals surface area contributed by atoms with Crippen LogP contribution in [0.25, 0.3) is 0 Å². The zero-order valence-electron chi connectivity index (χ0n) is 9.17. The first-order chi connectivity index (χ1) is 8.58. The van der Waals surface area contributed by atoms with Crippen molar-refractivity contribution in [2.24, 2.45) is 0 Å². The highest BCUT2D eigenvalue weighted by molar-refractivity contribution is 7.17. The van der Waals surface area contributed by atoms with Crippen LogP contribution < -0.4 is 5.32 Å². The van der Waals surface area contributed by atoms with Crippen molar-refractivity contribution in [3.05, 3.63) is 16.4 Å². The number of nitrogens with one attached hydrogen (secondary N) is 2. The summed E-state index contributed by atoms with van der Waals surface area (Å²) in [7, 11) is 0. The Morgan fingerprint density at radius 1 is 1.50 bits per heavy atom. The van der Waals surface area contributed by atoms with E-state index in [9.17, 15) is 9.59 Å². The molecule has 2 rings (SSSR count). The number of carboxylic acid groups (broad SMARTS) is 1. The van der Waals surface area contributed by atoms with Crippen LogP contribution in [0.15, 0.2) is 0 Å². The molecular weight excluding hydrogens is 260 g/mol. The van der Waals surface area contributed by atoms with Gasteiger partial charge in [0.2, 0.25) is 0 Å². The lowest BCUT2D eigenvalue weighted by atomic mass is 10.3. The molecule has 0 radical (unpaired) electrons. The third-order valence-electron chi connectivity index (χ3n) is 1.94. The Morgan fingerprint density at radius 2 is 2.28 bits per heavy atom. The number of hydrogen-bond acceptors (Lipinski definition) is 8. The van der Waals surface area contributed by atoms with E-state index in [1.807, 2.05) is 0 Å². The standard InChI is InChI=1S/C8H8N6O3S/c1-3(15)6-5(7(16)17)10-8(18-6)9-2-4-11-13-14-12-4/h2H2,1H3,(H,9,10)(H,16,17)(H,11,12,13,14). The Kier molecular flexibility index (Phi) is 3.28. The fourth-order valence-corrected chi connectivity index (χ4v) is 2.04. The molecule has 0 unspecified atom stereocenters. The number of aromatic nitrogens is 5. The van der Waals surface area contributed by atoms with Crippen molar-refractivity contribution < 1.29 is 14.7 Å². The molecule has 0 fully saturated rings. The van der Waals surface area contributed by atoms with Crippen LogP contribution in [0, 0.1) is 0 Å². The maximum Gasteiger partial charge on any atom is 0.356 e. The molecular formula is C8H8N6O3S. The van der Waals surface area contributed by atoms with Crippen molar-refractivity contribution in [2.75, 3.05) is 5.32 Å². The lowest BCUT2D eigenvalue weighted by molar-refractivity contribution is 0.0687. The molecule has 9 nitrogen and oxygen atoms in total. The van der Waals surface area contributed by atoms with E-state index in [1.54, 1.807) is 0 Å². The molecule has 0 amide bonds. The van der Waals surface area contributed by atoms with Gasteiger partial charge in [-0.05, 0) is 0 Å². The van der Waals surface area contributed by atoms with Gasteiger partial charge in [-0.3, -0.25) is 4.79 Å². The van der Waals surface area contributed by atoms with Crippen LogP contribution in [0.1, 0.15) is 32.9 Å². The first kappa shape index (κ1) is 12.1. The number of hydrogen-bond donors (Lipinski definition) is 3. The molecule has 0 bridgehead atoms. The Hall–Kier alpha value is -2.36. The summed E-state index contributed by atoms with van der Waals surface area (Å²) < 4.78 is 0. The van der Waals surface area contributed by atoms with E-state index >= 15 is 0 Å². The maximum absolute atomic E-state index is 11.3. The highest BCUT2D eigenvalue weighted by Crippen LogP contribution is 2.23. The first-order valence-corrected chi connectivity index (χ1v) is 5.61. The number of aromatic amines is 1. The SMILES string of the molecule is CC(=O)c1sc(NCc2nn[nH]n2)nc1C(=O)O. The summed E-state index contributed by atoms with van der Waals surface area (Å²) in [5, 5.41) is 25.1. The Bertz CT molecular complexity index is 546.